The topological polar surface area (TPSA) is 58.2 Å². The molecule has 2 amide bonds. The van der Waals surface area contributed by atoms with Crippen molar-refractivity contribution in [2.24, 2.45) is 0 Å². The van der Waals surface area contributed by atoms with E-state index in [1.165, 1.54) is 0 Å². The van der Waals surface area contributed by atoms with E-state index in [4.69, 9.17) is 0 Å². The minimum absolute atomic E-state index is 0.130. The van der Waals surface area contributed by atoms with Crippen LogP contribution in [0.25, 0.3) is 0 Å². The van der Waals surface area contributed by atoms with E-state index in [1.807, 2.05) is 45.9 Å². The number of amides is 2. The lowest BCUT2D eigenvalue weighted by atomic mass is 10.1. The van der Waals surface area contributed by atoms with Crippen molar-refractivity contribution < 1.29 is 9.59 Å². The molecule has 0 radical (unpaired) electrons. The number of nitrogens with one attached hydrogen (secondary N) is 2. The zero-order valence-electron chi connectivity index (χ0n) is 13.9. The van der Waals surface area contributed by atoms with Crippen molar-refractivity contribution in [3.05, 3.63) is 65.2 Å². The van der Waals surface area contributed by atoms with Gasteiger partial charge in [0.25, 0.3) is 11.8 Å². The first-order chi connectivity index (χ1) is 10.8. The van der Waals surface area contributed by atoms with E-state index < -0.39 is 0 Å². The van der Waals surface area contributed by atoms with Crippen molar-refractivity contribution >= 4 is 17.5 Å². The average Bonchev–Trinajstić information content (AvgIpc) is 2.46. The number of carbonyl (C=O) groups excluding carboxylic acids is 2. The molecule has 4 nitrogen and oxygen atoms in total. The Labute approximate surface area is 136 Å². The summed E-state index contributed by atoms with van der Waals surface area (Å²) >= 11 is 0. The highest BCUT2D eigenvalue weighted by Gasteiger charge is 2.15. The summed E-state index contributed by atoms with van der Waals surface area (Å²) in [4.78, 5) is 24.3. The monoisotopic (exact) mass is 310 g/mol. The zero-order chi connectivity index (χ0) is 17.0. The van der Waals surface area contributed by atoms with Crippen LogP contribution in [-0.4, -0.2) is 17.4 Å². The molecular weight excluding hydrogens is 288 g/mol. The highest BCUT2D eigenvalue weighted by molar-refractivity contribution is 6.05. The summed E-state index contributed by atoms with van der Waals surface area (Å²) in [5.41, 5.74) is 2.50. The molecule has 23 heavy (non-hydrogen) atoms. The number of carbonyl (C=O) groups is 2. The molecule has 0 saturated carbocycles. The van der Waals surface area contributed by atoms with Crippen molar-refractivity contribution in [3.63, 3.8) is 0 Å². The van der Waals surface area contributed by atoms with Crippen LogP contribution in [-0.2, 0) is 0 Å². The minimum Gasteiger partial charge on any atom is -0.347 e. The van der Waals surface area contributed by atoms with E-state index in [2.05, 4.69) is 10.6 Å². The van der Waals surface area contributed by atoms with Crippen LogP contribution in [0.2, 0.25) is 0 Å². The van der Waals surface area contributed by atoms with Crippen LogP contribution in [0.3, 0.4) is 0 Å². The lowest BCUT2D eigenvalue weighted by Crippen LogP contribution is -2.40. The summed E-state index contributed by atoms with van der Waals surface area (Å²) in [7, 11) is 0. The van der Waals surface area contributed by atoms with Crippen LogP contribution in [0.4, 0.5) is 5.69 Å². The zero-order valence-corrected chi connectivity index (χ0v) is 13.9. The Morgan fingerprint density at radius 3 is 2.04 bits per heavy atom. The minimum atomic E-state index is -0.283. The second-order valence-electron chi connectivity index (χ2n) is 6.55. The van der Waals surface area contributed by atoms with E-state index in [-0.39, 0.29) is 17.4 Å². The molecule has 2 aromatic rings. The molecule has 0 aliphatic heterocycles. The Kier molecular flexibility index (Phi) is 4.84. The fourth-order valence-electron chi connectivity index (χ4n) is 2.14. The van der Waals surface area contributed by atoms with Gasteiger partial charge in [-0.2, -0.15) is 0 Å². The standard InChI is InChI=1S/C19H22N2O2/c1-13-7-5-6-8-16(13)18(23)20-15-11-9-14(10-12-15)17(22)21-19(2,3)4/h5-12H,1-4H3,(H,20,23)(H,21,22). The van der Waals surface area contributed by atoms with E-state index >= 15 is 0 Å². The molecule has 0 spiro atoms. The van der Waals surface area contributed by atoms with Gasteiger partial charge in [-0.25, -0.2) is 0 Å². The Bertz CT molecular complexity index is 713. The van der Waals surface area contributed by atoms with Gasteiger partial charge in [-0.1, -0.05) is 18.2 Å². The van der Waals surface area contributed by atoms with Gasteiger partial charge in [0.2, 0.25) is 0 Å². The summed E-state index contributed by atoms with van der Waals surface area (Å²) in [5.74, 6) is -0.288. The predicted octanol–water partition coefficient (Wildman–Crippen LogP) is 3.78. The summed E-state index contributed by atoms with van der Waals surface area (Å²) < 4.78 is 0. The number of hydrogen-bond acceptors (Lipinski definition) is 2. The SMILES string of the molecule is Cc1ccccc1C(=O)Nc1ccc(C(=O)NC(C)(C)C)cc1. The maximum atomic E-state index is 12.3. The van der Waals surface area contributed by atoms with Crippen molar-refractivity contribution in [1.29, 1.82) is 0 Å². The van der Waals surface area contributed by atoms with Gasteiger partial charge < -0.3 is 10.6 Å². The van der Waals surface area contributed by atoms with E-state index in [9.17, 15) is 9.59 Å². The molecule has 0 aromatic heterocycles. The number of anilines is 1. The van der Waals surface area contributed by atoms with Gasteiger partial charge in [0.1, 0.15) is 0 Å². The Hall–Kier alpha value is -2.62. The van der Waals surface area contributed by atoms with Crippen LogP contribution < -0.4 is 10.6 Å². The third-order valence-electron chi connectivity index (χ3n) is 3.28. The molecule has 0 atom stereocenters. The van der Waals surface area contributed by atoms with E-state index in [0.29, 0.717) is 16.8 Å². The van der Waals surface area contributed by atoms with Gasteiger partial charge in [-0.05, 0) is 63.6 Å². The van der Waals surface area contributed by atoms with Crippen molar-refractivity contribution in [1.82, 2.24) is 5.32 Å². The summed E-state index contributed by atoms with van der Waals surface area (Å²) in [5, 5.41) is 5.75. The Morgan fingerprint density at radius 2 is 1.48 bits per heavy atom. The maximum absolute atomic E-state index is 12.3. The van der Waals surface area contributed by atoms with E-state index in [0.717, 1.165) is 5.56 Å². The Balaban J connectivity index is 2.07. The van der Waals surface area contributed by atoms with Gasteiger partial charge >= 0.3 is 0 Å². The second kappa shape index (κ2) is 6.65. The first-order valence-corrected chi connectivity index (χ1v) is 7.56. The lowest BCUT2D eigenvalue weighted by molar-refractivity contribution is 0.0919. The highest BCUT2D eigenvalue weighted by atomic mass is 16.2. The first kappa shape index (κ1) is 16.7. The first-order valence-electron chi connectivity index (χ1n) is 7.56. The molecule has 2 rings (SSSR count). The fraction of sp³-hybridized carbons (Fsp3) is 0.263. The third-order valence-corrected chi connectivity index (χ3v) is 3.28. The molecule has 120 valence electrons. The number of hydrogen-bond donors (Lipinski definition) is 2. The van der Waals surface area contributed by atoms with Crippen LogP contribution in [0.5, 0.6) is 0 Å². The molecule has 0 saturated heterocycles. The van der Waals surface area contributed by atoms with Gasteiger partial charge in [0.05, 0.1) is 0 Å². The molecule has 0 bridgehead atoms. The molecule has 0 aliphatic carbocycles. The largest absolute Gasteiger partial charge is 0.347 e. The van der Waals surface area contributed by atoms with Crippen LogP contribution in [0.15, 0.2) is 48.5 Å². The molecule has 0 unspecified atom stereocenters. The third kappa shape index (κ3) is 4.68. The van der Waals surface area contributed by atoms with Crippen LogP contribution in [0.1, 0.15) is 47.1 Å². The molecule has 2 aromatic carbocycles. The molecular formula is C19H22N2O2. The van der Waals surface area contributed by atoms with Gasteiger partial charge in [-0.15, -0.1) is 0 Å². The van der Waals surface area contributed by atoms with Crippen molar-refractivity contribution in [3.8, 4) is 0 Å². The molecule has 4 heteroatoms. The van der Waals surface area contributed by atoms with Gasteiger partial charge in [0, 0.05) is 22.4 Å². The normalized spacial score (nSPS) is 11.0. The summed E-state index contributed by atoms with van der Waals surface area (Å²) in [6.45, 7) is 7.69. The van der Waals surface area contributed by atoms with Crippen LogP contribution >= 0.6 is 0 Å². The van der Waals surface area contributed by atoms with Gasteiger partial charge in [0.15, 0.2) is 0 Å². The van der Waals surface area contributed by atoms with Crippen molar-refractivity contribution in [2.45, 2.75) is 33.2 Å². The maximum Gasteiger partial charge on any atom is 0.255 e. The molecule has 2 N–H and O–H groups in total. The quantitative estimate of drug-likeness (QED) is 0.906. The molecule has 0 aliphatic rings. The van der Waals surface area contributed by atoms with Gasteiger partial charge in [-0.3, -0.25) is 9.59 Å². The molecule has 0 heterocycles. The van der Waals surface area contributed by atoms with E-state index in [1.54, 1.807) is 30.3 Å². The fourth-order valence-corrected chi connectivity index (χ4v) is 2.14. The number of aryl methyl sites for hydroxylation is 1. The average molecular weight is 310 g/mol. The highest BCUT2D eigenvalue weighted by Crippen LogP contribution is 2.14. The van der Waals surface area contributed by atoms with Crippen molar-refractivity contribution in [2.75, 3.05) is 5.32 Å². The van der Waals surface area contributed by atoms with Crippen LogP contribution in [0, 0.1) is 6.92 Å². The lowest BCUT2D eigenvalue weighted by Gasteiger charge is -2.20. The number of benzene rings is 2. The Morgan fingerprint density at radius 1 is 0.870 bits per heavy atom. The predicted molar refractivity (Wildman–Crippen MR) is 92.8 cm³/mol. The number of rotatable bonds is 3. The second-order valence-corrected chi connectivity index (χ2v) is 6.55. The summed E-state index contributed by atoms with van der Waals surface area (Å²) in [6, 6.07) is 14.3. The smallest absolute Gasteiger partial charge is 0.255 e. The summed E-state index contributed by atoms with van der Waals surface area (Å²) in [6.07, 6.45) is 0. The molecule has 0 fully saturated rings.